The van der Waals surface area contributed by atoms with Crippen LogP contribution in [0.5, 0.6) is 11.5 Å². The molecule has 0 aromatic heterocycles. The van der Waals surface area contributed by atoms with Gasteiger partial charge in [0, 0.05) is 5.56 Å². The number of ether oxygens (including phenoxy) is 2. The molecule has 1 aromatic rings. The van der Waals surface area contributed by atoms with Crippen LogP contribution in [0, 0.1) is 26.7 Å². The van der Waals surface area contributed by atoms with Crippen molar-refractivity contribution in [3.05, 3.63) is 22.3 Å². The highest BCUT2D eigenvalue weighted by Gasteiger charge is 2.51. The fraction of sp³-hybridized carbons (Fsp3) is 0.733. The molecule has 0 spiro atoms. The van der Waals surface area contributed by atoms with Crippen LogP contribution >= 0.6 is 0 Å². The molecule has 1 aliphatic rings. The number of carbonyl (C=O) groups is 2. The predicted octanol–water partition coefficient (Wildman–Crippen LogP) is 8.14. The van der Waals surface area contributed by atoms with Crippen LogP contribution < -0.4 is 9.47 Å². The van der Waals surface area contributed by atoms with Crippen molar-refractivity contribution in [3.8, 4) is 11.5 Å². The Labute approximate surface area is 213 Å². The highest BCUT2D eigenvalue weighted by molar-refractivity contribution is 6.13. The number of hydrogen-bond donors (Lipinski definition) is 1. The second-order valence-electron chi connectivity index (χ2n) is 10.7. The van der Waals surface area contributed by atoms with Crippen molar-refractivity contribution in [3.63, 3.8) is 0 Å². The number of methoxy groups -OCH3 is 1. The van der Waals surface area contributed by atoms with Gasteiger partial charge in [0.25, 0.3) is 0 Å². The van der Waals surface area contributed by atoms with E-state index in [1.54, 1.807) is 21.0 Å². The van der Waals surface area contributed by atoms with E-state index in [2.05, 4.69) is 6.92 Å². The standard InChI is InChI=1S/C30H48O5/c1-7-8-9-10-11-12-13-14-15-16-17-18-19-20-30(5)25(29(32)33)26(31)24-23(4)27(34-6)21(2)22(3)28(24)35-30/h25H,7-20H2,1-6H3,(H,32,33). The Bertz CT molecular complexity index is 859. The third kappa shape index (κ3) is 7.24. The van der Waals surface area contributed by atoms with E-state index < -0.39 is 17.5 Å². The number of benzene rings is 1. The van der Waals surface area contributed by atoms with Crippen LogP contribution in [0.1, 0.15) is 131 Å². The first-order valence-corrected chi connectivity index (χ1v) is 13.8. The molecule has 0 aliphatic carbocycles. The highest BCUT2D eigenvalue weighted by Crippen LogP contribution is 2.47. The largest absolute Gasteiger partial charge is 0.496 e. The minimum absolute atomic E-state index is 0.361. The summed E-state index contributed by atoms with van der Waals surface area (Å²) < 4.78 is 11.9. The quantitative estimate of drug-likeness (QED) is 0.188. The van der Waals surface area contributed by atoms with Gasteiger partial charge in [0.1, 0.15) is 17.1 Å². The molecule has 0 bridgehead atoms. The van der Waals surface area contributed by atoms with Crippen LogP contribution in [0.3, 0.4) is 0 Å². The molecular formula is C30H48O5. The van der Waals surface area contributed by atoms with Gasteiger partial charge in [-0.15, -0.1) is 0 Å². The predicted molar refractivity (Wildman–Crippen MR) is 142 cm³/mol. The maximum atomic E-state index is 13.4. The first kappa shape index (κ1) is 29.2. The molecular weight excluding hydrogens is 440 g/mol. The Hall–Kier alpha value is -2.04. The Morgan fingerprint density at radius 3 is 1.80 bits per heavy atom. The number of hydrogen-bond acceptors (Lipinski definition) is 4. The Morgan fingerprint density at radius 1 is 0.857 bits per heavy atom. The number of carboxylic acids is 1. The van der Waals surface area contributed by atoms with E-state index >= 15 is 0 Å². The highest BCUT2D eigenvalue weighted by atomic mass is 16.5. The topological polar surface area (TPSA) is 72.8 Å². The summed E-state index contributed by atoms with van der Waals surface area (Å²) in [5, 5.41) is 9.98. The smallest absolute Gasteiger partial charge is 0.318 e. The van der Waals surface area contributed by atoms with Gasteiger partial charge >= 0.3 is 5.97 Å². The number of unbranched alkanes of at least 4 members (excludes halogenated alkanes) is 12. The summed E-state index contributed by atoms with van der Waals surface area (Å²) in [6.45, 7) is 9.71. The fourth-order valence-corrected chi connectivity index (χ4v) is 5.60. The molecule has 0 amide bonds. The number of rotatable bonds is 16. The number of ketones is 1. The lowest BCUT2D eigenvalue weighted by atomic mass is 9.75. The lowest BCUT2D eigenvalue weighted by Gasteiger charge is -2.41. The van der Waals surface area contributed by atoms with Gasteiger partial charge < -0.3 is 14.6 Å². The molecule has 5 heteroatoms. The summed E-state index contributed by atoms with van der Waals surface area (Å²) in [6.07, 6.45) is 16.9. The summed E-state index contributed by atoms with van der Waals surface area (Å²) >= 11 is 0. The van der Waals surface area contributed by atoms with Crippen molar-refractivity contribution in [2.24, 2.45) is 5.92 Å². The monoisotopic (exact) mass is 488 g/mol. The molecule has 0 fully saturated rings. The molecule has 2 atom stereocenters. The van der Waals surface area contributed by atoms with Crippen LogP contribution in [-0.2, 0) is 4.79 Å². The van der Waals surface area contributed by atoms with Crippen LogP contribution in [0.15, 0.2) is 0 Å². The summed E-state index contributed by atoms with van der Waals surface area (Å²) in [7, 11) is 1.57. The normalized spacial score (nSPS) is 19.4. The van der Waals surface area contributed by atoms with Crippen molar-refractivity contribution < 1.29 is 24.2 Å². The maximum Gasteiger partial charge on any atom is 0.318 e. The van der Waals surface area contributed by atoms with E-state index in [-0.39, 0.29) is 5.78 Å². The van der Waals surface area contributed by atoms with Gasteiger partial charge in [-0.3, -0.25) is 9.59 Å². The minimum atomic E-state index is -1.21. The zero-order valence-electron chi connectivity index (χ0n) is 23.1. The number of carbonyl (C=O) groups excluding carboxylic acids is 1. The Morgan fingerprint density at radius 2 is 1.34 bits per heavy atom. The van der Waals surface area contributed by atoms with Crippen molar-refractivity contribution in [1.82, 2.24) is 0 Å². The third-order valence-corrected chi connectivity index (χ3v) is 7.87. The summed E-state index contributed by atoms with van der Waals surface area (Å²) in [5.41, 5.74) is 1.74. The van der Waals surface area contributed by atoms with Gasteiger partial charge in [-0.25, -0.2) is 0 Å². The van der Waals surface area contributed by atoms with Crippen LogP contribution in [0.4, 0.5) is 0 Å². The molecule has 2 unspecified atom stereocenters. The Balaban J connectivity index is 1.89. The molecule has 0 saturated heterocycles. The van der Waals surface area contributed by atoms with Gasteiger partial charge in [0.05, 0.1) is 12.7 Å². The van der Waals surface area contributed by atoms with Crippen LogP contribution in [-0.4, -0.2) is 29.6 Å². The molecule has 2 rings (SSSR count). The number of carboxylic acid groups (broad SMARTS) is 1. The number of Topliss-reactive ketones (excluding diaryl/α,β-unsaturated/α-hetero) is 1. The van der Waals surface area contributed by atoms with Crippen molar-refractivity contribution in [2.45, 2.75) is 130 Å². The first-order chi connectivity index (χ1) is 16.7. The molecule has 5 nitrogen and oxygen atoms in total. The lowest BCUT2D eigenvalue weighted by molar-refractivity contribution is -0.147. The van der Waals surface area contributed by atoms with Crippen LogP contribution in [0.25, 0.3) is 0 Å². The van der Waals surface area contributed by atoms with E-state index in [1.165, 1.54) is 64.2 Å². The molecule has 1 aromatic carbocycles. The molecule has 0 radical (unpaired) electrons. The van der Waals surface area contributed by atoms with E-state index in [4.69, 9.17) is 9.47 Å². The van der Waals surface area contributed by atoms with Gasteiger partial charge in [-0.1, -0.05) is 84.0 Å². The first-order valence-electron chi connectivity index (χ1n) is 13.8. The van der Waals surface area contributed by atoms with Crippen molar-refractivity contribution in [2.75, 3.05) is 7.11 Å². The third-order valence-electron chi connectivity index (χ3n) is 7.87. The maximum absolute atomic E-state index is 13.4. The van der Waals surface area contributed by atoms with Gasteiger partial charge in [0.15, 0.2) is 11.7 Å². The molecule has 1 heterocycles. The summed E-state index contributed by atoms with van der Waals surface area (Å²) in [5.74, 6) is -1.54. The molecule has 35 heavy (non-hydrogen) atoms. The zero-order valence-corrected chi connectivity index (χ0v) is 23.1. The molecule has 1 aliphatic heterocycles. The van der Waals surface area contributed by atoms with Crippen molar-refractivity contribution in [1.29, 1.82) is 0 Å². The fourth-order valence-electron chi connectivity index (χ4n) is 5.60. The van der Waals surface area contributed by atoms with E-state index in [0.29, 0.717) is 29.0 Å². The van der Waals surface area contributed by atoms with Gasteiger partial charge in [0.2, 0.25) is 0 Å². The molecule has 0 saturated carbocycles. The van der Waals surface area contributed by atoms with Crippen LogP contribution in [0.2, 0.25) is 0 Å². The average molecular weight is 489 g/mol. The number of aliphatic carboxylic acids is 1. The SMILES string of the molecule is CCCCCCCCCCCCCCCC1(C)Oc2c(C)c(C)c(OC)c(C)c2C(=O)C1C(=O)O. The second-order valence-corrected chi connectivity index (χ2v) is 10.7. The summed E-state index contributed by atoms with van der Waals surface area (Å²) in [6, 6.07) is 0. The minimum Gasteiger partial charge on any atom is -0.496 e. The van der Waals surface area contributed by atoms with Crippen molar-refractivity contribution >= 4 is 11.8 Å². The zero-order chi connectivity index (χ0) is 26.0. The molecule has 198 valence electrons. The second kappa shape index (κ2) is 13.9. The van der Waals surface area contributed by atoms with E-state index in [1.807, 2.05) is 13.8 Å². The summed E-state index contributed by atoms with van der Waals surface area (Å²) in [4.78, 5) is 25.7. The Kier molecular flexibility index (Phi) is 11.6. The molecule has 1 N–H and O–H groups in total. The van der Waals surface area contributed by atoms with E-state index in [9.17, 15) is 14.7 Å². The average Bonchev–Trinajstić information content (AvgIpc) is 2.80. The van der Waals surface area contributed by atoms with Gasteiger partial charge in [-0.2, -0.15) is 0 Å². The lowest BCUT2D eigenvalue weighted by Crippen LogP contribution is -2.52. The number of fused-ring (bicyclic) bond motifs is 1. The van der Waals surface area contributed by atoms with E-state index in [0.717, 1.165) is 30.4 Å². The van der Waals surface area contributed by atoms with Gasteiger partial charge in [-0.05, 0) is 51.7 Å².